The zero-order chi connectivity index (χ0) is 29.7. The van der Waals surface area contributed by atoms with Crippen LogP contribution in [0.25, 0.3) is 0 Å². The van der Waals surface area contributed by atoms with E-state index in [4.69, 9.17) is 23.2 Å². The molecule has 2 saturated carbocycles. The van der Waals surface area contributed by atoms with Crippen LogP contribution in [0.15, 0.2) is 36.4 Å². The Bertz CT molecular complexity index is 1310. The standard InChI is InChI=1S/C32H40Cl2FN3O3/c1-19(2)38(18-39)25-15-20(33)11-12-22(25)27-26(23-9-8-10-24(34)28(23)35)29(30(40)36-21-16-31(3,41)17-21)37(4)32(27)13-6-5-7-14-32/h8-12,15,18-19,21,26-27,29,41H,5-7,13-14,16-17H2,1-4H3,(H,36,40)/t21?,26-,27?,29-,31?/m1/s1. The number of carbonyl (C=O) groups is 2. The summed E-state index contributed by atoms with van der Waals surface area (Å²) in [6.45, 7) is 5.65. The van der Waals surface area contributed by atoms with Crippen molar-refractivity contribution in [2.75, 3.05) is 11.9 Å². The predicted molar refractivity (Wildman–Crippen MR) is 161 cm³/mol. The van der Waals surface area contributed by atoms with E-state index in [-0.39, 0.29) is 28.9 Å². The molecule has 1 spiro atoms. The third-order valence-electron chi connectivity index (χ3n) is 9.72. The van der Waals surface area contributed by atoms with E-state index in [0.29, 0.717) is 29.1 Å². The number of likely N-dealkylation sites (N-methyl/N-ethyl adjacent to an activating group) is 1. The van der Waals surface area contributed by atoms with Gasteiger partial charge in [0.25, 0.3) is 0 Å². The molecule has 3 aliphatic rings. The second-order valence-corrected chi connectivity index (χ2v) is 13.6. The van der Waals surface area contributed by atoms with Crippen LogP contribution in [-0.4, -0.2) is 58.6 Å². The van der Waals surface area contributed by atoms with Crippen LogP contribution >= 0.6 is 23.2 Å². The lowest BCUT2D eigenvalue weighted by molar-refractivity contribution is -0.130. The van der Waals surface area contributed by atoms with Crippen molar-refractivity contribution in [2.45, 2.75) is 107 Å². The molecule has 2 N–H and O–H groups in total. The van der Waals surface area contributed by atoms with Gasteiger partial charge < -0.3 is 15.3 Å². The van der Waals surface area contributed by atoms with Gasteiger partial charge in [-0.2, -0.15) is 0 Å². The van der Waals surface area contributed by atoms with Gasteiger partial charge in [0, 0.05) is 40.2 Å². The van der Waals surface area contributed by atoms with Crippen LogP contribution in [0.5, 0.6) is 0 Å². The zero-order valence-electron chi connectivity index (χ0n) is 24.2. The van der Waals surface area contributed by atoms with Crippen molar-refractivity contribution < 1.29 is 19.1 Å². The van der Waals surface area contributed by atoms with Gasteiger partial charge in [-0.1, -0.05) is 60.7 Å². The van der Waals surface area contributed by atoms with Crippen LogP contribution in [0.3, 0.4) is 0 Å². The fourth-order valence-electron chi connectivity index (χ4n) is 7.88. The number of amides is 2. The van der Waals surface area contributed by atoms with Gasteiger partial charge in [-0.15, -0.1) is 0 Å². The van der Waals surface area contributed by atoms with Gasteiger partial charge in [0.1, 0.15) is 5.82 Å². The highest BCUT2D eigenvalue weighted by Gasteiger charge is 2.61. The molecule has 1 aliphatic heterocycles. The second kappa shape index (κ2) is 11.5. The van der Waals surface area contributed by atoms with E-state index in [0.717, 1.165) is 44.1 Å². The topological polar surface area (TPSA) is 72.9 Å². The van der Waals surface area contributed by atoms with Crippen molar-refractivity contribution in [1.29, 1.82) is 0 Å². The maximum atomic E-state index is 16.0. The molecule has 0 aromatic heterocycles. The minimum atomic E-state index is -0.793. The Hall–Kier alpha value is -2.19. The van der Waals surface area contributed by atoms with Gasteiger partial charge in [0.15, 0.2) is 0 Å². The first-order valence-corrected chi connectivity index (χ1v) is 15.4. The van der Waals surface area contributed by atoms with E-state index in [9.17, 15) is 14.7 Å². The van der Waals surface area contributed by atoms with Crippen molar-refractivity contribution >= 4 is 41.2 Å². The third kappa shape index (κ3) is 5.39. The van der Waals surface area contributed by atoms with Crippen molar-refractivity contribution in [1.82, 2.24) is 10.2 Å². The molecule has 2 amide bonds. The molecule has 9 heteroatoms. The molecular formula is C32H40Cl2FN3O3. The van der Waals surface area contributed by atoms with Crippen molar-refractivity contribution in [3.05, 3.63) is 63.4 Å². The molecule has 2 aromatic carbocycles. The van der Waals surface area contributed by atoms with Crippen molar-refractivity contribution in [3.63, 3.8) is 0 Å². The number of halogens is 3. The molecule has 1 saturated heterocycles. The number of hydrogen-bond donors (Lipinski definition) is 2. The monoisotopic (exact) mass is 603 g/mol. The van der Waals surface area contributed by atoms with E-state index < -0.39 is 28.9 Å². The Morgan fingerprint density at radius 3 is 2.44 bits per heavy atom. The second-order valence-electron chi connectivity index (χ2n) is 12.8. The van der Waals surface area contributed by atoms with E-state index in [1.165, 1.54) is 6.07 Å². The molecule has 41 heavy (non-hydrogen) atoms. The van der Waals surface area contributed by atoms with Gasteiger partial charge in [0.05, 0.1) is 16.7 Å². The summed E-state index contributed by atoms with van der Waals surface area (Å²) in [6, 6.07) is 9.58. The summed E-state index contributed by atoms with van der Waals surface area (Å²) in [7, 11) is 1.98. The van der Waals surface area contributed by atoms with E-state index in [1.807, 2.05) is 33.0 Å². The summed E-state index contributed by atoms with van der Waals surface area (Å²) in [5.74, 6) is -1.62. The SMILES string of the molecule is CC(C)N(C=O)c1cc(Cl)ccc1C1[C@@H](c2cccc(Cl)c2F)[C@H](C(=O)NC2CC(C)(O)C2)N(C)C12CCCCC2. The number of carbonyl (C=O) groups excluding carboxylic acids is 2. The van der Waals surface area contributed by atoms with E-state index in [2.05, 4.69) is 10.2 Å². The van der Waals surface area contributed by atoms with Gasteiger partial charge in [0.2, 0.25) is 12.3 Å². The lowest BCUT2D eigenvalue weighted by Crippen LogP contribution is -2.58. The molecule has 2 aromatic rings. The molecule has 1 unspecified atom stereocenters. The number of rotatable bonds is 7. The van der Waals surface area contributed by atoms with Gasteiger partial charge >= 0.3 is 0 Å². The Labute approximate surface area is 252 Å². The molecule has 1 heterocycles. The number of aliphatic hydroxyl groups is 1. The predicted octanol–water partition coefficient (Wildman–Crippen LogP) is 6.42. The zero-order valence-corrected chi connectivity index (χ0v) is 25.7. The Morgan fingerprint density at radius 1 is 1.15 bits per heavy atom. The summed E-state index contributed by atoms with van der Waals surface area (Å²) < 4.78 is 16.0. The van der Waals surface area contributed by atoms with Crippen LogP contribution in [0.2, 0.25) is 10.0 Å². The molecule has 0 radical (unpaired) electrons. The number of nitrogens with one attached hydrogen (secondary N) is 1. The fraction of sp³-hybridized carbons (Fsp3) is 0.562. The minimum Gasteiger partial charge on any atom is -0.390 e. The number of hydrogen-bond acceptors (Lipinski definition) is 4. The van der Waals surface area contributed by atoms with Crippen LogP contribution in [0.4, 0.5) is 10.1 Å². The highest BCUT2D eigenvalue weighted by molar-refractivity contribution is 6.31. The van der Waals surface area contributed by atoms with Gasteiger partial charge in [-0.3, -0.25) is 14.5 Å². The molecule has 222 valence electrons. The lowest BCUT2D eigenvalue weighted by atomic mass is 9.65. The summed E-state index contributed by atoms with van der Waals surface area (Å²) in [5.41, 5.74) is 0.683. The van der Waals surface area contributed by atoms with Crippen LogP contribution < -0.4 is 10.2 Å². The maximum Gasteiger partial charge on any atom is 0.238 e. The number of nitrogens with zero attached hydrogens (tertiary/aromatic N) is 2. The third-order valence-corrected chi connectivity index (χ3v) is 10.2. The normalized spacial score (nSPS) is 29.4. The molecule has 3 fully saturated rings. The van der Waals surface area contributed by atoms with Gasteiger partial charge in [-0.25, -0.2) is 4.39 Å². The Balaban J connectivity index is 1.72. The highest BCUT2D eigenvalue weighted by atomic mass is 35.5. The number of benzene rings is 2. The average molecular weight is 605 g/mol. The smallest absolute Gasteiger partial charge is 0.238 e. The largest absolute Gasteiger partial charge is 0.390 e. The average Bonchev–Trinajstić information content (AvgIpc) is 3.13. The maximum absolute atomic E-state index is 16.0. The molecule has 2 aliphatic carbocycles. The lowest BCUT2D eigenvalue weighted by Gasteiger charge is -2.46. The summed E-state index contributed by atoms with van der Waals surface area (Å²) in [6.07, 6.45) is 6.49. The Kier molecular flexibility index (Phi) is 8.47. The first-order chi connectivity index (χ1) is 19.4. The molecule has 0 bridgehead atoms. The number of likely N-dealkylation sites (tertiary alicyclic amines) is 1. The summed E-state index contributed by atoms with van der Waals surface area (Å²) in [5, 5.41) is 14.0. The number of anilines is 1. The van der Waals surface area contributed by atoms with Crippen LogP contribution in [-0.2, 0) is 9.59 Å². The van der Waals surface area contributed by atoms with E-state index in [1.54, 1.807) is 30.0 Å². The molecular weight excluding hydrogens is 564 g/mol. The van der Waals surface area contributed by atoms with E-state index >= 15 is 4.39 Å². The highest BCUT2D eigenvalue weighted by Crippen LogP contribution is 2.60. The van der Waals surface area contributed by atoms with Gasteiger partial charge in [-0.05, 0) is 82.8 Å². The fourth-order valence-corrected chi connectivity index (χ4v) is 8.23. The first kappa shape index (κ1) is 30.3. The van der Waals surface area contributed by atoms with Crippen LogP contribution in [0.1, 0.15) is 88.7 Å². The van der Waals surface area contributed by atoms with Crippen molar-refractivity contribution in [3.8, 4) is 0 Å². The molecule has 3 atom stereocenters. The quantitative estimate of drug-likeness (QED) is 0.358. The molecule has 5 rings (SSSR count). The van der Waals surface area contributed by atoms with Crippen molar-refractivity contribution in [2.24, 2.45) is 0 Å². The minimum absolute atomic E-state index is 0.00993. The summed E-state index contributed by atoms with van der Waals surface area (Å²) in [4.78, 5) is 30.4. The Morgan fingerprint density at radius 2 is 1.83 bits per heavy atom. The summed E-state index contributed by atoms with van der Waals surface area (Å²) >= 11 is 12.9. The first-order valence-electron chi connectivity index (χ1n) is 14.6. The van der Waals surface area contributed by atoms with Crippen LogP contribution in [0, 0.1) is 5.82 Å². The molecule has 6 nitrogen and oxygen atoms in total.